The molecule has 1 aromatic carbocycles. The van der Waals surface area contributed by atoms with E-state index in [-0.39, 0.29) is 11.6 Å². The van der Waals surface area contributed by atoms with Crippen molar-refractivity contribution in [1.29, 1.82) is 0 Å². The second kappa shape index (κ2) is 4.09. The maximum atomic E-state index is 10.7. The van der Waals surface area contributed by atoms with Gasteiger partial charge in [-0.05, 0) is 27.7 Å². The zero-order valence-electron chi connectivity index (χ0n) is 10.9. The van der Waals surface area contributed by atoms with Gasteiger partial charge in [0.25, 0.3) is 0 Å². The smallest absolute Gasteiger partial charge is 0.208 e. The molecule has 2 atom stereocenters. The van der Waals surface area contributed by atoms with E-state index in [2.05, 4.69) is 19.2 Å². The fourth-order valence-electron chi connectivity index (χ4n) is 2.34. The fourth-order valence-corrected chi connectivity index (χ4v) is 2.34. The summed E-state index contributed by atoms with van der Waals surface area (Å²) in [7, 11) is 0. The van der Waals surface area contributed by atoms with Gasteiger partial charge in [0.05, 0.1) is 12.6 Å². The Bertz CT molecular complexity index is 416. The first-order valence-electron chi connectivity index (χ1n) is 6.05. The van der Waals surface area contributed by atoms with Crippen LogP contribution in [0.15, 0.2) is 24.3 Å². The number of hydrogen-bond acceptors (Lipinski definition) is 3. The van der Waals surface area contributed by atoms with Crippen LogP contribution in [0.5, 0.6) is 0 Å². The minimum atomic E-state index is -1.23. The summed E-state index contributed by atoms with van der Waals surface area (Å²) in [6.07, 6.45) is 0. The highest BCUT2D eigenvalue weighted by molar-refractivity contribution is 5.27. The van der Waals surface area contributed by atoms with E-state index in [1.165, 1.54) is 0 Å². The Morgan fingerprint density at radius 1 is 1.41 bits per heavy atom. The number of ether oxygens (including phenoxy) is 1. The molecule has 0 bridgehead atoms. The summed E-state index contributed by atoms with van der Waals surface area (Å²) in [5.41, 5.74) is 1.83. The van der Waals surface area contributed by atoms with Gasteiger partial charge in [-0.3, -0.25) is 0 Å². The van der Waals surface area contributed by atoms with Gasteiger partial charge in [-0.15, -0.1) is 0 Å². The molecular formula is C14H21NO2. The number of benzene rings is 1. The maximum Gasteiger partial charge on any atom is 0.208 e. The highest BCUT2D eigenvalue weighted by Crippen LogP contribution is 2.32. The van der Waals surface area contributed by atoms with Crippen molar-refractivity contribution in [2.24, 2.45) is 0 Å². The lowest BCUT2D eigenvalue weighted by Gasteiger charge is -2.46. The lowest BCUT2D eigenvalue weighted by atomic mass is 9.92. The van der Waals surface area contributed by atoms with Gasteiger partial charge < -0.3 is 15.2 Å². The third-order valence-corrected chi connectivity index (χ3v) is 3.28. The van der Waals surface area contributed by atoms with Crippen LogP contribution in [0.3, 0.4) is 0 Å². The molecule has 0 amide bonds. The zero-order valence-corrected chi connectivity index (χ0v) is 10.9. The Morgan fingerprint density at radius 2 is 2.12 bits per heavy atom. The van der Waals surface area contributed by atoms with Crippen LogP contribution in [0.2, 0.25) is 0 Å². The summed E-state index contributed by atoms with van der Waals surface area (Å²) in [5, 5.41) is 14.1. The van der Waals surface area contributed by atoms with Gasteiger partial charge in [-0.2, -0.15) is 0 Å². The van der Waals surface area contributed by atoms with Gasteiger partial charge in [0, 0.05) is 11.1 Å². The van der Waals surface area contributed by atoms with Gasteiger partial charge in [0.1, 0.15) is 0 Å². The molecule has 3 heteroatoms. The number of aryl methyl sites for hydroxylation is 1. The van der Waals surface area contributed by atoms with Crippen LogP contribution >= 0.6 is 0 Å². The Morgan fingerprint density at radius 3 is 2.71 bits per heavy atom. The molecule has 1 aliphatic rings. The Balaban J connectivity index is 2.31. The Kier molecular flexibility index (Phi) is 3.02. The number of morpholine rings is 1. The normalized spacial score (nSPS) is 32.4. The lowest BCUT2D eigenvalue weighted by molar-refractivity contribution is -0.263. The van der Waals surface area contributed by atoms with Crippen molar-refractivity contribution in [1.82, 2.24) is 5.32 Å². The van der Waals surface area contributed by atoms with Gasteiger partial charge in [-0.1, -0.05) is 29.8 Å². The van der Waals surface area contributed by atoms with Crippen molar-refractivity contribution in [3.05, 3.63) is 35.4 Å². The molecule has 1 aliphatic heterocycles. The molecule has 3 nitrogen and oxygen atoms in total. The number of rotatable bonds is 1. The number of nitrogens with one attached hydrogen (secondary N) is 1. The maximum absolute atomic E-state index is 10.7. The molecule has 1 aromatic rings. The van der Waals surface area contributed by atoms with E-state index in [1.807, 2.05) is 38.1 Å². The van der Waals surface area contributed by atoms with E-state index in [1.54, 1.807) is 0 Å². The van der Waals surface area contributed by atoms with Gasteiger partial charge >= 0.3 is 0 Å². The summed E-state index contributed by atoms with van der Waals surface area (Å²) in [5.74, 6) is -1.23. The van der Waals surface area contributed by atoms with Crippen molar-refractivity contribution in [3.63, 3.8) is 0 Å². The van der Waals surface area contributed by atoms with Crippen LogP contribution in [0.4, 0.5) is 0 Å². The van der Waals surface area contributed by atoms with Crippen LogP contribution < -0.4 is 5.32 Å². The minimum absolute atomic E-state index is 0.102. The predicted molar refractivity (Wildman–Crippen MR) is 67.7 cm³/mol. The van der Waals surface area contributed by atoms with E-state index in [0.717, 1.165) is 11.1 Å². The van der Waals surface area contributed by atoms with Gasteiger partial charge in [0.15, 0.2) is 0 Å². The van der Waals surface area contributed by atoms with Crippen LogP contribution in [0.1, 0.15) is 31.9 Å². The Hall–Kier alpha value is -0.900. The van der Waals surface area contributed by atoms with E-state index < -0.39 is 5.79 Å². The molecule has 0 radical (unpaired) electrons. The second-order valence-electron chi connectivity index (χ2n) is 5.60. The quantitative estimate of drug-likeness (QED) is 0.781. The van der Waals surface area contributed by atoms with Crippen LogP contribution in [-0.2, 0) is 10.5 Å². The van der Waals surface area contributed by atoms with E-state index in [9.17, 15) is 5.11 Å². The summed E-state index contributed by atoms with van der Waals surface area (Å²) in [6.45, 7) is 8.58. The molecule has 94 valence electrons. The van der Waals surface area contributed by atoms with Gasteiger partial charge in [0.2, 0.25) is 5.79 Å². The SMILES string of the molecule is Cc1cccc([C@@]2(O)OCC(C)(C)N[C@@H]2C)c1. The predicted octanol–water partition coefficient (Wildman–Crippen LogP) is 1.93. The second-order valence-corrected chi connectivity index (χ2v) is 5.60. The van der Waals surface area contributed by atoms with Crippen molar-refractivity contribution in [2.45, 2.75) is 45.1 Å². The number of aliphatic hydroxyl groups is 1. The molecule has 2 N–H and O–H groups in total. The topological polar surface area (TPSA) is 41.5 Å². The van der Waals surface area contributed by atoms with E-state index in [0.29, 0.717) is 6.61 Å². The highest BCUT2D eigenvalue weighted by atomic mass is 16.6. The first kappa shape index (κ1) is 12.6. The average molecular weight is 235 g/mol. The van der Waals surface area contributed by atoms with Crippen molar-refractivity contribution in [3.8, 4) is 0 Å². The molecule has 1 heterocycles. The molecular weight excluding hydrogens is 214 g/mol. The molecule has 0 saturated carbocycles. The number of hydrogen-bond donors (Lipinski definition) is 2. The first-order chi connectivity index (χ1) is 7.83. The summed E-state index contributed by atoms with van der Waals surface area (Å²) in [4.78, 5) is 0. The van der Waals surface area contributed by atoms with E-state index in [4.69, 9.17) is 4.74 Å². The third kappa shape index (κ3) is 2.37. The molecule has 0 aliphatic carbocycles. The molecule has 1 fully saturated rings. The van der Waals surface area contributed by atoms with Crippen LogP contribution in [0, 0.1) is 6.92 Å². The summed E-state index contributed by atoms with van der Waals surface area (Å²) >= 11 is 0. The molecule has 0 spiro atoms. The van der Waals surface area contributed by atoms with Crippen molar-refractivity contribution in [2.75, 3.05) is 6.61 Å². The average Bonchev–Trinajstić information content (AvgIpc) is 2.24. The monoisotopic (exact) mass is 235 g/mol. The summed E-state index contributed by atoms with van der Waals surface area (Å²) in [6, 6.07) is 7.68. The van der Waals surface area contributed by atoms with Crippen LogP contribution in [0.25, 0.3) is 0 Å². The third-order valence-electron chi connectivity index (χ3n) is 3.28. The largest absolute Gasteiger partial charge is 0.361 e. The van der Waals surface area contributed by atoms with Crippen LogP contribution in [-0.4, -0.2) is 23.3 Å². The first-order valence-corrected chi connectivity index (χ1v) is 6.05. The molecule has 0 unspecified atom stereocenters. The zero-order chi connectivity index (χ0) is 12.7. The summed E-state index contributed by atoms with van der Waals surface area (Å²) < 4.78 is 5.73. The molecule has 1 saturated heterocycles. The molecule has 17 heavy (non-hydrogen) atoms. The van der Waals surface area contributed by atoms with Gasteiger partial charge in [-0.25, -0.2) is 0 Å². The fraction of sp³-hybridized carbons (Fsp3) is 0.571. The molecule has 0 aromatic heterocycles. The van der Waals surface area contributed by atoms with Crippen molar-refractivity contribution < 1.29 is 9.84 Å². The van der Waals surface area contributed by atoms with Crippen molar-refractivity contribution >= 4 is 0 Å². The Labute approximate surface area is 103 Å². The molecule has 2 rings (SSSR count). The highest BCUT2D eigenvalue weighted by Gasteiger charge is 2.44. The van der Waals surface area contributed by atoms with E-state index >= 15 is 0 Å². The standard InChI is InChI=1S/C14H21NO2/c1-10-6-5-7-12(8-10)14(16)11(2)15-13(3,4)9-17-14/h5-8,11,15-16H,9H2,1-4H3/t11-,14+/m1/s1. The minimum Gasteiger partial charge on any atom is -0.361 e. The lowest BCUT2D eigenvalue weighted by Crippen LogP contribution is -2.63.